The Morgan fingerprint density at radius 2 is 1.00 bits per heavy atom. The molecule has 3 heterocycles. The molecule has 2 nitrogen and oxygen atoms in total. The third-order valence-corrected chi connectivity index (χ3v) is 8.51. The number of hydrogen-bond acceptors (Lipinski definition) is 1. The van der Waals surface area contributed by atoms with E-state index in [0.29, 0.717) is 0 Å². The van der Waals surface area contributed by atoms with Crippen molar-refractivity contribution >= 4 is 59.8 Å². The van der Waals surface area contributed by atoms with Gasteiger partial charge in [-0.25, -0.2) is 4.98 Å². The van der Waals surface area contributed by atoms with E-state index in [1.54, 1.807) is 0 Å². The third-order valence-electron chi connectivity index (χ3n) is 8.51. The van der Waals surface area contributed by atoms with Crippen molar-refractivity contribution in [1.82, 2.24) is 9.38 Å². The molecule has 0 saturated heterocycles. The van der Waals surface area contributed by atoms with Crippen LogP contribution in [0.3, 0.4) is 0 Å². The third kappa shape index (κ3) is 3.16. The highest BCUT2D eigenvalue weighted by molar-refractivity contribution is 6.36. The lowest BCUT2D eigenvalue weighted by Crippen LogP contribution is -1.98. The van der Waals surface area contributed by atoms with Crippen LogP contribution in [0.4, 0.5) is 0 Å². The van der Waals surface area contributed by atoms with Gasteiger partial charge in [0.2, 0.25) is 0 Å². The maximum Gasteiger partial charge on any atom is 0.146 e. The zero-order valence-electron chi connectivity index (χ0n) is 22.3. The van der Waals surface area contributed by atoms with E-state index in [1.165, 1.54) is 59.9 Å². The van der Waals surface area contributed by atoms with Crippen molar-refractivity contribution in [2.24, 2.45) is 0 Å². The molecule has 0 aliphatic rings. The van der Waals surface area contributed by atoms with E-state index in [1.807, 2.05) is 0 Å². The Morgan fingerprint density at radius 3 is 1.71 bits per heavy atom. The molecule has 0 aliphatic carbocycles. The number of nitrogens with zero attached hydrogens (tertiary/aromatic N) is 2. The number of para-hydroxylation sites is 1. The summed E-state index contributed by atoms with van der Waals surface area (Å²) in [6.07, 6.45) is 0. The molecule has 0 fully saturated rings. The molecular weight excluding hydrogens is 496 g/mol. The summed E-state index contributed by atoms with van der Waals surface area (Å²) in [5, 5.41) is 9.90. The normalized spacial score (nSPS) is 11.9. The molecule has 0 saturated carbocycles. The second-order valence-corrected chi connectivity index (χ2v) is 10.8. The zero-order valence-corrected chi connectivity index (χ0v) is 22.3. The molecule has 0 radical (unpaired) electrons. The van der Waals surface area contributed by atoms with Gasteiger partial charge in [-0.2, -0.15) is 0 Å². The minimum absolute atomic E-state index is 0.979. The summed E-state index contributed by atoms with van der Waals surface area (Å²) in [7, 11) is 0. The molecule has 0 spiro atoms. The van der Waals surface area contributed by atoms with E-state index in [9.17, 15) is 0 Å². The van der Waals surface area contributed by atoms with Gasteiger partial charge in [0.15, 0.2) is 0 Å². The van der Waals surface area contributed by atoms with Crippen LogP contribution in [0.2, 0.25) is 0 Å². The predicted molar refractivity (Wildman–Crippen MR) is 174 cm³/mol. The highest BCUT2D eigenvalue weighted by atomic mass is 15.0. The van der Waals surface area contributed by atoms with Crippen molar-refractivity contribution in [3.63, 3.8) is 0 Å². The summed E-state index contributed by atoms with van der Waals surface area (Å²) in [4.78, 5) is 5.40. The molecule has 41 heavy (non-hydrogen) atoms. The van der Waals surface area contributed by atoms with Crippen LogP contribution in [-0.2, 0) is 0 Å². The summed E-state index contributed by atoms with van der Waals surface area (Å²) in [5.41, 5.74) is 7.91. The second-order valence-electron chi connectivity index (χ2n) is 10.8. The first-order valence-electron chi connectivity index (χ1n) is 14.1. The van der Waals surface area contributed by atoms with Crippen molar-refractivity contribution in [2.45, 2.75) is 0 Å². The van der Waals surface area contributed by atoms with Gasteiger partial charge in [-0.3, -0.25) is 4.40 Å². The number of aromatic nitrogens is 2. The fourth-order valence-electron chi connectivity index (χ4n) is 6.76. The molecule has 0 N–H and O–H groups in total. The lowest BCUT2D eigenvalue weighted by molar-refractivity contribution is 1.23. The SMILES string of the molecule is c1ccc(-c2cc(-c3ccccc3)n3c4nc5ccccc5cc4c4c5ccccc5c5ccccc5c4c23)cc1. The van der Waals surface area contributed by atoms with Gasteiger partial charge in [-0.1, -0.05) is 127 Å². The van der Waals surface area contributed by atoms with E-state index in [-0.39, 0.29) is 0 Å². The van der Waals surface area contributed by atoms with Crippen LogP contribution in [-0.4, -0.2) is 9.38 Å². The minimum atomic E-state index is 0.979. The zero-order chi connectivity index (χ0) is 26.9. The fraction of sp³-hybridized carbons (Fsp3) is 0. The molecular formula is C39H24N2. The maximum atomic E-state index is 5.40. The average Bonchev–Trinajstić information content (AvgIpc) is 3.45. The Labute approximate surface area is 236 Å². The first-order chi connectivity index (χ1) is 20.4. The standard InChI is InChI=1S/C39H24N2/c1-3-13-25(14-4-1)32-24-35(26-15-5-2-6-16-26)41-38(32)37-31-21-11-9-19-29(31)28-18-8-10-20-30(28)36(37)33-23-27-17-7-12-22-34(27)40-39(33)41/h1-24H. The van der Waals surface area contributed by atoms with Gasteiger partial charge in [0.25, 0.3) is 0 Å². The van der Waals surface area contributed by atoms with Crippen molar-refractivity contribution in [3.05, 3.63) is 146 Å². The molecule has 9 aromatic rings. The number of rotatable bonds is 2. The number of benzene rings is 6. The number of fused-ring (bicyclic) bond motifs is 12. The lowest BCUT2D eigenvalue weighted by Gasteiger charge is -2.17. The Hall–Kier alpha value is -5.47. The molecule has 0 atom stereocenters. The molecule has 6 aromatic carbocycles. The van der Waals surface area contributed by atoms with Crippen LogP contribution >= 0.6 is 0 Å². The topological polar surface area (TPSA) is 17.3 Å². The largest absolute Gasteiger partial charge is 0.293 e. The van der Waals surface area contributed by atoms with Gasteiger partial charge < -0.3 is 0 Å². The van der Waals surface area contributed by atoms with E-state index in [2.05, 4.69) is 150 Å². The summed E-state index contributed by atoms with van der Waals surface area (Å²) in [6, 6.07) is 52.4. The Bertz CT molecular complexity index is 2450. The smallest absolute Gasteiger partial charge is 0.146 e. The van der Waals surface area contributed by atoms with Gasteiger partial charge in [0.05, 0.1) is 16.7 Å². The highest BCUT2D eigenvalue weighted by Crippen LogP contribution is 2.46. The fourth-order valence-corrected chi connectivity index (χ4v) is 6.76. The maximum absolute atomic E-state index is 5.40. The molecule has 2 heteroatoms. The molecule has 0 unspecified atom stereocenters. The van der Waals surface area contributed by atoms with Crippen LogP contribution in [0.15, 0.2) is 146 Å². The molecule has 0 bridgehead atoms. The summed E-state index contributed by atoms with van der Waals surface area (Å²) >= 11 is 0. The Morgan fingerprint density at radius 1 is 0.439 bits per heavy atom. The molecule has 9 rings (SSSR count). The van der Waals surface area contributed by atoms with E-state index >= 15 is 0 Å². The van der Waals surface area contributed by atoms with Crippen LogP contribution in [0, 0.1) is 0 Å². The van der Waals surface area contributed by atoms with Crippen molar-refractivity contribution in [1.29, 1.82) is 0 Å². The number of pyridine rings is 2. The molecule has 3 aromatic heterocycles. The van der Waals surface area contributed by atoms with Crippen LogP contribution in [0.25, 0.3) is 82.2 Å². The van der Waals surface area contributed by atoms with Gasteiger partial charge in [0, 0.05) is 27.1 Å². The lowest BCUT2D eigenvalue weighted by atomic mass is 9.91. The monoisotopic (exact) mass is 520 g/mol. The van der Waals surface area contributed by atoms with Crippen LogP contribution < -0.4 is 0 Å². The Kier molecular flexibility index (Phi) is 4.64. The van der Waals surface area contributed by atoms with Crippen LogP contribution in [0.5, 0.6) is 0 Å². The molecule has 0 amide bonds. The van der Waals surface area contributed by atoms with Crippen molar-refractivity contribution < 1.29 is 0 Å². The summed E-state index contributed by atoms with van der Waals surface area (Å²) in [5.74, 6) is 0. The average molecular weight is 521 g/mol. The molecule has 0 aliphatic heterocycles. The highest BCUT2D eigenvalue weighted by Gasteiger charge is 2.23. The summed E-state index contributed by atoms with van der Waals surface area (Å²) < 4.78 is 2.42. The minimum Gasteiger partial charge on any atom is -0.293 e. The van der Waals surface area contributed by atoms with Gasteiger partial charge in [-0.15, -0.1) is 0 Å². The van der Waals surface area contributed by atoms with Gasteiger partial charge >= 0.3 is 0 Å². The second kappa shape index (κ2) is 8.51. The Balaban J connectivity index is 1.67. The quantitative estimate of drug-likeness (QED) is 0.164. The first-order valence-corrected chi connectivity index (χ1v) is 14.1. The van der Waals surface area contributed by atoms with E-state index in [0.717, 1.165) is 22.2 Å². The first kappa shape index (κ1) is 22.4. The van der Waals surface area contributed by atoms with E-state index in [4.69, 9.17) is 4.98 Å². The van der Waals surface area contributed by atoms with Crippen LogP contribution in [0.1, 0.15) is 0 Å². The molecule has 190 valence electrons. The van der Waals surface area contributed by atoms with Gasteiger partial charge in [-0.05, 0) is 50.9 Å². The van der Waals surface area contributed by atoms with Gasteiger partial charge in [0.1, 0.15) is 5.65 Å². The van der Waals surface area contributed by atoms with E-state index < -0.39 is 0 Å². The predicted octanol–water partition coefficient (Wildman–Crippen LogP) is 10.4. The van der Waals surface area contributed by atoms with Crippen molar-refractivity contribution in [2.75, 3.05) is 0 Å². The number of hydrogen-bond donors (Lipinski definition) is 0. The van der Waals surface area contributed by atoms with Crippen molar-refractivity contribution in [3.8, 4) is 22.4 Å². The summed E-state index contributed by atoms with van der Waals surface area (Å²) in [6.45, 7) is 0.